The normalized spacial score (nSPS) is 21.8. The molecule has 1 unspecified atom stereocenters. The number of alkyl halides is 3. The summed E-state index contributed by atoms with van der Waals surface area (Å²) in [5.74, 6) is -0.405. The topological polar surface area (TPSA) is 86.0 Å². The van der Waals surface area contributed by atoms with Crippen LogP contribution in [0.3, 0.4) is 0 Å². The Hall–Kier alpha value is -2.49. The second-order valence-electron chi connectivity index (χ2n) is 4.55. The van der Waals surface area contributed by atoms with Crippen molar-refractivity contribution in [2.24, 2.45) is 16.6 Å². The lowest BCUT2D eigenvalue weighted by Gasteiger charge is -2.29. The van der Waals surface area contributed by atoms with Crippen molar-refractivity contribution in [3.63, 3.8) is 0 Å². The third kappa shape index (κ3) is 2.64. The van der Waals surface area contributed by atoms with Gasteiger partial charge in [0.15, 0.2) is 0 Å². The van der Waals surface area contributed by atoms with Gasteiger partial charge in [0.1, 0.15) is 16.7 Å². The molecule has 2 atom stereocenters. The Kier molecular flexibility index (Phi) is 4.13. The molecule has 22 heavy (non-hydrogen) atoms. The van der Waals surface area contributed by atoms with Crippen LogP contribution in [0.5, 0.6) is 0 Å². The molecule has 1 aliphatic rings. The molecule has 1 aliphatic heterocycles. The first-order valence-electron chi connectivity index (χ1n) is 6.05. The van der Waals surface area contributed by atoms with Crippen LogP contribution in [0.1, 0.15) is 17.0 Å². The van der Waals surface area contributed by atoms with Gasteiger partial charge in [0.2, 0.25) is 0 Å². The quantitative estimate of drug-likeness (QED) is 0.473. The molecule has 112 valence electrons. The van der Waals surface area contributed by atoms with Crippen LogP contribution in [0.15, 0.2) is 34.8 Å². The number of nitriles is 1. The molecule has 2 rings (SSSR count). The minimum atomic E-state index is -4.60. The van der Waals surface area contributed by atoms with E-state index >= 15 is 0 Å². The van der Waals surface area contributed by atoms with Gasteiger partial charge in [-0.25, -0.2) is 4.99 Å². The van der Waals surface area contributed by atoms with Gasteiger partial charge in [-0.15, -0.1) is 0 Å². The van der Waals surface area contributed by atoms with Crippen LogP contribution in [0.2, 0.25) is 0 Å². The van der Waals surface area contributed by atoms with Crippen molar-refractivity contribution in [2.75, 3.05) is 0 Å². The summed E-state index contributed by atoms with van der Waals surface area (Å²) < 4.78 is 39.6. The van der Waals surface area contributed by atoms with E-state index in [4.69, 9.17) is 23.4 Å². The monoisotopic (exact) mass is 322 g/mol. The number of amidine groups is 1. The number of hydrogen-bond donors (Lipinski definition) is 2. The molecule has 8 heteroatoms. The summed E-state index contributed by atoms with van der Waals surface area (Å²) in [6.45, 7) is 0. The highest BCUT2D eigenvalue weighted by molar-refractivity contribution is 7.80. The van der Waals surface area contributed by atoms with Gasteiger partial charge in [0.25, 0.3) is 0 Å². The first-order valence-corrected chi connectivity index (χ1v) is 6.45. The minimum Gasteiger partial charge on any atom is -0.386 e. The second kappa shape index (κ2) is 5.72. The summed E-state index contributed by atoms with van der Waals surface area (Å²) in [7, 11) is 0. The zero-order valence-corrected chi connectivity index (χ0v) is 11.8. The molecule has 0 bridgehead atoms. The SMILES string of the molecule is N#CC1C(N)=NC(=S)C(=C=N)[C@@H]1c1ccccc1C(F)(F)F. The third-order valence-corrected chi connectivity index (χ3v) is 3.61. The molecule has 4 nitrogen and oxygen atoms in total. The predicted octanol–water partition coefficient (Wildman–Crippen LogP) is 2.80. The Labute approximate surface area is 129 Å². The highest BCUT2D eigenvalue weighted by atomic mass is 32.1. The average Bonchev–Trinajstić information content (AvgIpc) is 2.45. The summed E-state index contributed by atoms with van der Waals surface area (Å²) in [5.41, 5.74) is 4.52. The molecule has 0 saturated carbocycles. The number of nitrogens with two attached hydrogens (primary N) is 1. The summed E-state index contributed by atoms with van der Waals surface area (Å²) in [5, 5.41) is 16.5. The first kappa shape index (κ1) is 15.9. The molecule has 0 saturated heterocycles. The van der Waals surface area contributed by atoms with Crippen molar-refractivity contribution >= 4 is 28.9 Å². The summed E-state index contributed by atoms with van der Waals surface area (Å²) in [6, 6.07) is 6.67. The van der Waals surface area contributed by atoms with Crippen molar-refractivity contribution in [1.29, 1.82) is 10.7 Å². The molecule has 0 aliphatic carbocycles. The molecule has 3 N–H and O–H groups in total. The van der Waals surface area contributed by atoms with Crippen molar-refractivity contribution < 1.29 is 13.2 Å². The Morgan fingerprint density at radius 2 is 1.95 bits per heavy atom. The van der Waals surface area contributed by atoms with Gasteiger partial charge in [-0.2, -0.15) is 18.4 Å². The molecule has 1 heterocycles. The van der Waals surface area contributed by atoms with Crippen molar-refractivity contribution in [3.8, 4) is 6.07 Å². The predicted molar refractivity (Wildman–Crippen MR) is 78.7 cm³/mol. The number of nitrogens with zero attached hydrogens (tertiary/aromatic N) is 2. The van der Waals surface area contributed by atoms with Crippen LogP contribution in [0.4, 0.5) is 13.2 Å². The molecule has 1 aromatic rings. The lowest BCUT2D eigenvalue weighted by atomic mass is 9.77. The zero-order chi connectivity index (χ0) is 16.5. The van der Waals surface area contributed by atoms with E-state index in [0.29, 0.717) is 0 Å². The fraction of sp³-hybridized carbons (Fsp3) is 0.214. The average molecular weight is 322 g/mol. The Bertz CT molecular complexity index is 754. The lowest BCUT2D eigenvalue weighted by Crippen LogP contribution is -2.36. The van der Waals surface area contributed by atoms with Gasteiger partial charge in [-0.05, 0) is 17.5 Å². The molecule has 0 spiro atoms. The van der Waals surface area contributed by atoms with Crippen LogP contribution < -0.4 is 5.73 Å². The third-order valence-electron chi connectivity index (χ3n) is 3.30. The van der Waals surface area contributed by atoms with Crippen LogP contribution >= 0.6 is 12.2 Å². The maximum atomic E-state index is 13.2. The van der Waals surface area contributed by atoms with Crippen LogP contribution in [-0.4, -0.2) is 16.7 Å². The van der Waals surface area contributed by atoms with E-state index in [0.717, 1.165) is 6.07 Å². The van der Waals surface area contributed by atoms with Crippen LogP contribution in [0.25, 0.3) is 0 Å². The van der Waals surface area contributed by atoms with Crippen molar-refractivity contribution in [3.05, 3.63) is 41.0 Å². The van der Waals surface area contributed by atoms with E-state index in [-0.39, 0.29) is 22.0 Å². The maximum absolute atomic E-state index is 13.2. The Morgan fingerprint density at radius 1 is 1.32 bits per heavy atom. The zero-order valence-electron chi connectivity index (χ0n) is 11.0. The van der Waals surface area contributed by atoms with E-state index in [1.165, 1.54) is 18.2 Å². The second-order valence-corrected chi connectivity index (χ2v) is 4.94. The molecule has 0 aromatic heterocycles. The van der Waals surface area contributed by atoms with Crippen molar-refractivity contribution in [2.45, 2.75) is 12.1 Å². The number of nitrogens with one attached hydrogen (secondary N) is 1. The first-order chi connectivity index (χ1) is 10.3. The highest BCUT2D eigenvalue weighted by Crippen LogP contribution is 2.42. The Balaban J connectivity index is 2.74. The molecule has 0 radical (unpaired) electrons. The molecular weight excluding hydrogens is 313 g/mol. The highest BCUT2D eigenvalue weighted by Gasteiger charge is 2.42. The van der Waals surface area contributed by atoms with Gasteiger partial charge in [0, 0.05) is 5.92 Å². The van der Waals surface area contributed by atoms with Gasteiger partial charge < -0.3 is 5.73 Å². The fourth-order valence-electron chi connectivity index (χ4n) is 2.35. The summed E-state index contributed by atoms with van der Waals surface area (Å²) in [4.78, 5) is 3.63. The summed E-state index contributed by atoms with van der Waals surface area (Å²) in [6.07, 6.45) is -4.60. The number of thiocarbonyl (C=S) groups is 1. The van der Waals surface area contributed by atoms with E-state index < -0.39 is 23.6 Å². The molecule has 1 aromatic carbocycles. The van der Waals surface area contributed by atoms with Crippen LogP contribution in [0, 0.1) is 22.7 Å². The largest absolute Gasteiger partial charge is 0.416 e. The summed E-state index contributed by atoms with van der Waals surface area (Å²) >= 11 is 4.94. The van der Waals surface area contributed by atoms with E-state index in [1.54, 1.807) is 0 Å². The van der Waals surface area contributed by atoms with E-state index in [2.05, 4.69) is 4.99 Å². The number of aliphatic imine (C=N–C) groups is 1. The smallest absolute Gasteiger partial charge is 0.386 e. The molecule has 0 fully saturated rings. The molecular formula is C14H9F3N4S. The van der Waals surface area contributed by atoms with E-state index in [1.807, 2.05) is 11.9 Å². The Morgan fingerprint density at radius 3 is 2.50 bits per heavy atom. The lowest BCUT2D eigenvalue weighted by molar-refractivity contribution is -0.138. The molecule has 0 amide bonds. The van der Waals surface area contributed by atoms with Crippen LogP contribution in [-0.2, 0) is 6.18 Å². The maximum Gasteiger partial charge on any atom is 0.416 e. The number of benzene rings is 1. The van der Waals surface area contributed by atoms with Crippen molar-refractivity contribution in [1.82, 2.24) is 0 Å². The van der Waals surface area contributed by atoms with Gasteiger partial charge in [0.05, 0.1) is 17.2 Å². The van der Waals surface area contributed by atoms with E-state index in [9.17, 15) is 18.4 Å². The van der Waals surface area contributed by atoms with Gasteiger partial charge in [-0.1, -0.05) is 30.4 Å². The number of rotatable bonds is 1. The number of hydrogen-bond acceptors (Lipinski definition) is 4. The number of halogens is 3. The standard InChI is InChI=1S/C14H9F3N4S/c15-14(16,17)10-4-2-1-3-7(10)11-8(5-18)12(20)21-13(22)9(11)6-19/h1-4,8,11,19H,(H2,20,21,22)/t8?,11-/m1/s1. The van der Waals surface area contributed by atoms with Gasteiger partial charge in [-0.3, -0.25) is 5.41 Å². The fourth-order valence-corrected chi connectivity index (χ4v) is 2.63. The minimum absolute atomic E-state index is 0.0487. The van der Waals surface area contributed by atoms with Gasteiger partial charge >= 0.3 is 6.18 Å².